The van der Waals surface area contributed by atoms with Gasteiger partial charge in [0.1, 0.15) is 0 Å². The molecule has 0 aliphatic heterocycles. The Hall–Kier alpha value is 0.540. The minimum atomic E-state index is -3.65. The molecule has 0 unspecified atom stereocenters. The van der Waals surface area contributed by atoms with E-state index >= 15 is 0 Å². The molecule has 2 N–H and O–H groups in total. The minimum absolute atomic E-state index is 0. The summed E-state index contributed by atoms with van der Waals surface area (Å²) in [5.41, 5.74) is 0. The number of halogens is 1. The third-order valence-electron chi connectivity index (χ3n) is 0.992. The van der Waals surface area contributed by atoms with Crippen LogP contribution in [0.25, 0.3) is 0 Å². The van der Waals surface area contributed by atoms with Gasteiger partial charge in [0.15, 0.2) is 5.03 Å². The van der Waals surface area contributed by atoms with E-state index in [0.717, 1.165) is 0 Å². The summed E-state index contributed by atoms with van der Waals surface area (Å²) < 4.78 is 22.0. The summed E-state index contributed by atoms with van der Waals surface area (Å²) >= 11 is 3.11. The van der Waals surface area contributed by atoms with Crippen LogP contribution in [0.15, 0.2) is 27.8 Å². The topological polar surface area (TPSA) is 73.1 Å². The molecule has 1 rings (SSSR count). The zero-order chi connectivity index (χ0) is 8.48. The molecule has 0 aromatic carbocycles. The van der Waals surface area contributed by atoms with Gasteiger partial charge in [0.2, 0.25) is 0 Å². The van der Waals surface area contributed by atoms with Gasteiger partial charge in [-0.3, -0.25) is 0 Å². The number of aromatic nitrogens is 1. The maximum Gasteiger partial charge on any atom is 0.255 e. The number of nitrogens with two attached hydrogens (primary N) is 1. The smallest absolute Gasteiger partial charge is 0.242 e. The second-order valence-corrected chi connectivity index (χ2v) is 4.28. The number of pyridine rings is 1. The summed E-state index contributed by atoms with van der Waals surface area (Å²) in [6.45, 7) is 0. The molecule has 0 atom stereocenters. The molecule has 0 bridgehead atoms. The van der Waals surface area contributed by atoms with Crippen LogP contribution in [0, 0.1) is 0 Å². The van der Waals surface area contributed by atoms with Crippen LogP contribution in [0.2, 0.25) is 0 Å². The van der Waals surface area contributed by atoms with Gasteiger partial charge in [-0.05, 0) is 28.1 Å². The average molecular weight is 260 g/mol. The second-order valence-electron chi connectivity index (χ2n) is 1.86. The Morgan fingerprint density at radius 2 is 2.00 bits per heavy atom. The number of hydrogen-bond acceptors (Lipinski definition) is 3. The van der Waals surface area contributed by atoms with Crippen molar-refractivity contribution in [2.75, 3.05) is 0 Å². The normalized spacial score (nSPS) is 10.5. The SMILES string of the molecule is NS(=O)(=O)c1ccc(Br)cn1.[Na]. The van der Waals surface area contributed by atoms with Gasteiger partial charge in [-0.2, -0.15) is 0 Å². The second kappa shape index (κ2) is 4.69. The summed E-state index contributed by atoms with van der Waals surface area (Å²) in [6, 6.07) is 2.89. The van der Waals surface area contributed by atoms with Crippen LogP contribution in [-0.2, 0) is 10.0 Å². The van der Waals surface area contributed by atoms with Gasteiger partial charge in [-0.15, -0.1) is 0 Å². The molecule has 0 saturated heterocycles. The van der Waals surface area contributed by atoms with Crippen LogP contribution < -0.4 is 5.14 Å². The Kier molecular flexibility index (Phi) is 4.90. The van der Waals surface area contributed by atoms with Crippen molar-refractivity contribution in [3.63, 3.8) is 0 Å². The largest absolute Gasteiger partial charge is 0.255 e. The Morgan fingerprint density at radius 1 is 1.42 bits per heavy atom. The Bertz CT molecular complexity index is 350. The van der Waals surface area contributed by atoms with E-state index in [1.54, 1.807) is 6.07 Å². The van der Waals surface area contributed by atoms with E-state index in [0.29, 0.717) is 4.47 Å². The maximum atomic E-state index is 10.6. The molecule has 1 aromatic rings. The fourth-order valence-electron chi connectivity index (χ4n) is 0.531. The first-order valence-corrected chi connectivity index (χ1v) is 4.98. The number of rotatable bonds is 1. The Labute approximate surface area is 101 Å². The summed E-state index contributed by atoms with van der Waals surface area (Å²) in [5.74, 6) is 0. The number of hydrogen-bond donors (Lipinski definition) is 1. The van der Waals surface area contributed by atoms with Gasteiger partial charge in [-0.25, -0.2) is 18.5 Å². The van der Waals surface area contributed by atoms with Crippen molar-refractivity contribution in [3.05, 3.63) is 22.8 Å². The van der Waals surface area contributed by atoms with E-state index in [1.807, 2.05) is 0 Å². The zero-order valence-electron chi connectivity index (χ0n) is 6.36. The molecule has 12 heavy (non-hydrogen) atoms. The molecule has 1 aromatic heterocycles. The monoisotopic (exact) mass is 259 g/mol. The fourth-order valence-corrected chi connectivity index (χ4v) is 1.22. The third kappa shape index (κ3) is 3.51. The van der Waals surface area contributed by atoms with E-state index in [-0.39, 0.29) is 34.6 Å². The molecule has 1 heterocycles. The molecular weight excluding hydrogens is 255 g/mol. The van der Waals surface area contributed by atoms with Crippen molar-refractivity contribution < 1.29 is 8.42 Å². The van der Waals surface area contributed by atoms with Crippen molar-refractivity contribution in [1.82, 2.24) is 4.98 Å². The fraction of sp³-hybridized carbons (Fsp3) is 0. The van der Waals surface area contributed by atoms with E-state index in [2.05, 4.69) is 20.9 Å². The Balaban J connectivity index is 0.00000121. The van der Waals surface area contributed by atoms with Gasteiger partial charge in [-0.1, -0.05) is 0 Å². The molecule has 0 fully saturated rings. The molecular formula is C5H5BrN2NaO2S. The van der Waals surface area contributed by atoms with E-state index in [9.17, 15) is 8.42 Å². The van der Waals surface area contributed by atoms with Gasteiger partial charge in [0.05, 0.1) is 0 Å². The average Bonchev–Trinajstić information content (AvgIpc) is 1.86. The van der Waals surface area contributed by atoms with E-state index < -0.39 is 10.0 Å². The summed E-state index contributed by atoms with van der Waals surface area (Å²) in [5, 5.41) is 4.68. The number of sulfonamides is 1. The van der Waals surface area contributed by atoms with Crippen molar-refractivity contribution in [2.24, 2.45) is 5.14 Å². The molecule has 61 valence electrons. The van der Waals surface area contributed by atoms with Crippen LogP contribution in [0.5, 0.6) is 0 Å². The van der Waals surface area contributed by atoms with Crippen LogP contribution in [-0.4, -0.2) is 43.0 Å². The predicted molar refractivity (Wildman–Crippen MR) is 49.1 cm³/mol. The summed E-state index contributed by atoms with van der Waals surface area (Å²) in [6.07, 6.45) is 1.37. The van der Waals surface area contributed by atoms with Crippen molar-refractivity contribution in [1.29, 1.82) is 0 Å². The summed E-state index contributed by atoms with van der Waals surface area (Å²) in [4.78, 5) is 3.59. The maximum absolute atomic E-state index is 10.6. The zero-order valence-corrected chi connectivity index (χ0v) is 10.8. The van der Waals surface area contributed by atoms with E-state index in [1.165, 1.54) is 12.3 Å². The first-order chi connectivity index (χ1) is 5.00. The molecule has 0 aliphatic rings. The molecule has 4 nitrogen and oxygen atoms in total. The van der Waals surface area contributed by atoms with Gasteiger partial charge in [0.25, 0.3) is 10.0 Å². The van der Waals surface area contributed by atoms with Gasteiger partial charge >= 0.3 is 0 Å². The minimum Gasteiger partial charge on any atom is -0.242 e. The van der Waals surface area contributed by atoms with Crippen molar-refractivity contribution in [3.8, 4) is 0 Å². The molecule has 0 spiro atoms. The van der Waals surface area contributed by atoms with Crippen molar-refractivity contribution in [2.45, 2.75) is 5.03 Å². The first kappa shape index (κ1) is 12.5. The first-order valence-electron chi connectivity index (χ1n) is 2.64. The Morgan fingerprint density at radius 3 is 2.33 bits per heavy atom. The van der Waals surface area contributed by atoms with Gasteiger partial charge in [0, 0.05) is 40.2 Å². The van der Waals surface area contributed by atoms with E-state index in [4.69, 9.17) is 5.14 Å². The van der Waals surface area contributed by atoms with Crippen LogP contribution in [0.3, 0.4) is 0 Å². The number of nitrogens with zero attached hydrogens (tertiary/aromatic N) is 1. The third-order valence-corrected chi connectivity index (χ3v) is 2.29. The summed E-state index contributed by atoms with van der Waals surface area (Å²) in [7, 11) is -3.65. The van der Waals surface area contributed by atoms with Gasteiger partial charge < -0.3 is 0 Å². The molecule has 0 saturated carbocycles. The van der Waals surface area contributed by atoms with Crippen LogP contribution >= 0.6 is 15.9 Å². The molecule has 1 radical (unpaired) electrons. The predicted octanol–water partition coefficient (Wildman–Crippen LogP) is 0.111. The van der Waals surface area contributed by atoms with Crippen LogP contribution in [0.4, 0.5) is 0 Å². The standard InChI is InChI=1S/C5H5BrN2O2S.Na/c6-4-1-2-5(8-3-4)11(7,9)10;/h1-3H,(H2,7,9,10);. The quantitative estimate of drug-likeness (QED) is 0.728. The van der Waals surface area contributed by atoms with Crippen LogP contribution in [0.1, 0.15) is 0 Å². The molecule has 7 heteroatoms. The van der Waals surface area contributed by atoms with Crippen molar-refractivity contribution >= 4 is 55.5 Å². The molecule has 0 aliphatic carbocycles. The molecule has 0 amide bonds. The number of primary sulfonamides is 1.